The summed E-state index contributed by atoms with van der Waals surface area (Å²) in [6.07, 6.45) is 2.43. The van der Waals surface area contributed by atoms with Crippen molar-refractivity contribution >= 4 is 17.5 Å². The molecule has 1 atom stereocenters. The minimum Gasteiger partial charge on any atom is -0.351 e. The number of anilines is 1. The van der Waals surface area contributed by atoms with E-state index in [0.717, 1.165) is 31.2 Å². The SMILES string of the molecule is C[C@@H]1CCCN(c2ns[nH]c2=O)C1. The summed E-state index contributed by atoms with van der Waals surface area (Å²) >= 11 is 1.13. The molecule has 1 fully saturated rings. The quantitative estimate of drug-likeness (QED) is 0.736. The van der Waals surface area contributed by atoms with Crippen molar-refractivity contribution in [2.24, 2.45) is 5.92 Å². The minimum atomic E-state index is -0.0425. The van der Waals surface area contributed by atoms with E-state index in [0.29, 0.717) is 11.7 Å². The molecule has 4 nitrogen and oxygen atoms in total. The fourth-order valence-corrected chi connectivity index (χ4v) is 2.28. The van der Waals surface area contributed by atoms with E-state index in [9.17, 15) is 4.79 Å². The maximum atomic E-state index is 11.3. The van der Waals surface area contributed by atoms with E-state index in [2.05, 4.69) is 20.6 Å². The normalized spacial score (nSPS) is 23.5. The molecule has 0 saturated carbocycles. The Bertz CT molecular complexity index is 332. The molecule has 1 aromatic heterocycles. The maximum absolute atomic E-state index is 11.3. The number of piperidine rings is 1. The van der Waals surface area contributed by atoms with E-state index >= 15 is 0 Å². The highest BCUT2D eigenvalue weighted by Gasteiger charge is 2.20. The van der Waals surface area contributed by atoms with Gasteiger partial charge in [0.05, 0.1) is 0 Å². The molecule has 2 rings (SSSR count). The van der Waals surface area contributed by atoms with Gasteiger partial charge >= 0.3 is 5.56 Å². The smallest absolute Gasteiger partial charge is 0.302 e. The van der Waals surface area contributed by atoms with Crippen molar-refractivity contribution in [2.75, 3.05) is 18.0 Å². The molecular weight excluding hydrogens is 186 g/mol. The summed E-state index contributed by atoms with van der Waals surface area (Å²) in [5.74, 6) is 1.28. The first-order valence-corrected chi connectivity index (χ1v) is 5.34. The van der Waals surface area contributed by atoms with Crippen LogP contribution in [0.15, 0.2) is 4.79 Å². The Morgan fingerprint density at radius 3 is 3.15 bits per heavy atom. The van der Waals surface area contributed by atoms with Gasteiger partial charge in [0, 0.05) is 24.8 Å². The van der Waals surface area contributed by atoms with E-state index in [1.807, 2.05) is 0 Å². The highest BCUT2D eigenvalue weighted by atomic mass is 32.1. The predicted molar refractivity (Wildman–Crippen MR) is 53.3 cm³/mol. The zero-order valence-electron chi connectivity index (χ0n) is 7.62. The van der Waals surface area contributed by atoms with Gasteiger partial charge in [-0.25, -0.2) is 0 Å². The van der Waals surface area contributed by atoms with Crippen molar-refractivity contribution < 1.29 is 0 Å². The second-order valence-corrected chi connectivity index (χ2v) is 4.20. The molecule has 5 heteroatoms. The standard InChI is InChI=1S/C8H13N3OS/c1-6-3-2-4-11(5-6)7-8(12)10-13-9-7/h6H,2-5H2,1H3,(H,10,12)/t6-/m1/s1. The molecule has 1 aliphatic rings. The molecule has 0 unspecified atom stereocenters. The average molecular weight is 199 g/mol. The lowest BCUT2D eigenvalue weighted by Gasteiger charge is -2.29. The van der Waals surface area contributed by atoms with E-state index in [1.54, 1.807) is 0 Å². The number of nitrogens with zero attached hydrogens (tertiary/aromatic N) is 2. The van der Waals surface area contributed by atoms with Crippen LogP contribution in [0.1, 0.15) is 19.8 Å². The van der Waals surface area contributed by atoms with E-state index in [-0.39, 0.29) is 5.56 Å². The average Bonchev–Trinajstić information content (AvgIpc) is 2.51. The highest BCUT2D eigenvalue weighted by molar-refractivity contribution is 6.99. The number of rotatable bonds is 1. The summed E-state index contributed by atoms with van der Waals surface area (Å²) in [7, 11) is 0. The molecule has 0 amide bonds. The summed E-state index contributed by atoms with van der Waals surface area (Å²) in [5, 5.41) is 0. The number of hydrogen-bond acceptors (Lipinski definition) is 4. The summed E-state index contributed by atoms with van der Waals surface area (Å²) in [6.45, 7) is 4.15. The maximum Gasteiger partial charge on any atom is 0.302 e. The van der Waals surface area contributed by atoms with Crippen molar-refractivity contribution in [3.8, 4) is 0 Å². The summed E-state index contributed by atoms with van der Waals surface area (Å²) < 4.78 is 6.69. The Kier molecular flexibility index (Phi) is 2.35. The Balaban J connectivity index is 2.17. The molecule has 1 aliphatic heterocycles. The topological polar surface area (TPSA) is 49.0 Å². The van der Waals surface area contributed by atoms with Crippen LogP contribution >= 0.6 is 11.7 Å². The lowest BCUT2D eigenvalue weighted by atomic mass is 10.0. The van der Waals surface area contributed by atoms with Crippen LogP contribution in [0.4, 0.5) is 5.82 Å². The van der Waals surface area contributed by atoms with Crippen molar-refractivity contribution in [2.45, 2.75) is 19.8 Å². The fourth-order valence-electron chi connectivity index (χ4n) is 1.78. The molecule has 1 saturated heterocycles. The van der Waals surface area contributed by atoms with Gasteiger partial charge in [0.1, 0.15) is 0 Å². The van der Waals surface area contributed by atoms with Gasteiger partial charge in [-0.15, -0.1) is 0 Å². The summed E-state index contributed by atoms with van der Waals surface area (Å²) in [4.78, 5) is 13.4. The fraction of sp³-hybridized carbons (Fsp3) is 0.750. The molecule has 13 heavy (non-hydrogen) atoms. The molecule has 0 bridgehead atoms. The zero-order valence-corrected chi connectivity index (χ0v) is 8.43. The van der Waals surface area contributed by atoms with E-state index in [1.165, 1.54) is 6.42 Å². The lowest BCUT2D eigenvalue weighted by molar-refractivity contribution is 0.444. The molecule has 0 aromatic carbocycles. The van der Waals surface area contributed by atoms with Gasteiger partial charge < -0.3 is 4.90 Å². The van der Waals surface area contributed by atoms with Crippen LogP contribution in [-0.2, 0) is 0 Å². The third-order valence-electron chi connectivity index (χ3n) is 2.43. The van der Waals surface area contributed by atoms with Gasteiger partial charge in [0.15, 0.2) is 0 Å². The van der Waals surface area contributed by atoms with Crippen LogP contribution in [0, 0.1) is 5.92 Å². The van der Waals surface area contributed by atoms with Gasteiger partial charge in [-0.1, -0.05) is 6.92 Å². The number of hydrogen-bond donors (Lipinski definition) is 1. The van der Waals surface area contributed by atoms with Crippen molar-refractivity contribution in [3.05, 3.63) is 10.4 Å². The third kappa shape index (κ3) is 1.75. The first kappa shape index (κ1) is 8.74. The molecule has 1 aromatic rings. The van der Waals surface area contributed by atoms with Gasteiger partial charge in [0.2, 0.25) is 5.82 Å². The molecule has 72 valence electrons. The Hall–Kier alpha value is -0.840. The second kappa shape index (κ2) is 3.49. The molecule has 0 aliphatic carbocycles. The monoisotopic (exact) mass is 199 g/mol. The van der Waals surface area contributed by atoms with Crippen LogP contribution in [0.3, 0.4) is 0 Å². The number of aromatic amines is 1. The van der Waals surface area contributed by atoms with Crippen LogP contribution in [0.25, 0.3) is 0 Å². The second-order valence-electron chi connectivity index (χ2n) is 3.63. The van der Waals surface area contributed by atoms with Crippen LogP contribution < -0.4 is 10.5 Å². The van der Waals surface area contributed by atoms with E-state index < -0.39 is 0 Å². The Morgan fingerprint density at radius 2 is 2.54 bits per heavy atom. The van der Waals surface area contributed by atoms with Crippen LogP contribution in [-0.4, -0.2) is 21.8 Å². The van der Waals surface area contributed by atoms with Crippen molar-refractivity contribution in [1.82, 2.24) is 8.75 Å². The van der Waals surface area contributed by atoms with Crippen LogP contribution in [0.2, 0.25) is 0 Å². The lowest BCUT2D eigenvalue weighted by Crippen LogP contribution is -2.37. The summed E-state index contributed by atoms with van der Waals surface area (Å²) in [6, 6.07) is 0. The van der Waals surface area contributed by atoms with Gasteiger partial charge in [-0.3, -0.25) is 9.17 Å². The number of nitrogens with one attached hydrogen (secondary N) is 1. The minimum absolute atomic E-state index is 0.0425. The predicted octanol–water partition coefficient (Wildman–Crippen LogP) is 1.07. The molecule has 0 spiro atoms. The first-order chi connectivity index (χ1) is 6.27. The zero-order chi connectivity index (χ0) is 9.26. The molecule has 0 radical (unpaired) electrons. The van der Waals surface area contributed by atoms with Crippen molar-refractivity contribution in [3.63, 3.8) is 0 Å². The van der Waals surface area contributed by atoms with Gasteiger partial charge in [-0.05, 0) is 18.8 Å². The molecule has 2 heterocycles. The largest absolute Gasteiger partial charge is 0.351 e. The Labute approximate surface area is 80.9 Å². The van der Waals surface area contributed by atoms with Crippen molar-refractivity contribution in [1.29, 1.82) is 0 Å². The number of aromatic nitrogens is 2. The van der Waals surface area contributed by atoms with E-state index in [4.69, 9.17) is 0 Å². The van der Waals surface area contributed by atoms with Gasteiger partial charge in [0.25, 0.3) is 0 Å². The molecular formula is C8H13N3OS. The molecule has 1 N–H and O–H groups in total. The third-order valence-corrected chi connectivity index (χ3v) is 2.97. The van der Waals surface area contributed by atoms with Gasteiger partial charge in [-0.2, -0.15) is 4.37 Å². The Morgan fingerprint density at radius 1 is 1.69 bits per heavy atom. The number of H-pyrrole nitrogens is 1. The first-order valence-electron chi connectivity index (χ1n) is 4.56. The highest BCUT2D eigenvalue weighted by Crippen LogP contribution is 2.18. The van der Waals surface area contributed by atoms with Crippen LogP contribution in [0.5, 0.6) is 0 Å². The summed E-state index contributed by atoms with van der Waals surface area (Å²) in [5.41, 5.74) is -0.0425.